The van der Waals surface area contributed by atoms with Crippen molar-refractivity contribution in [1.82, 2.24) is 19.4 Å². The first-order valence-electron chi connectivity index (χ1n) is 8.63. The second kappa shape index (κ2) is 8.05. The summed E-state index contributed by atoms with van der Waals surface area (Å²) in [7, 11) is -3.65. The van der Waals surface area contributed by atoms with Crippen LogP contribution >= 0.6 is 0 Å². The predicted molar refractivity (Wildman–Crippen MR) is 95.0 cm³/mol. The molecule has 3 rings (SSSR count). The molecule has 1 atom stereocenters. The number of halogens is 1. The van der Waals surface area contributed by atoms with Crippen molar-refractivity contribution in [3.8, 4) is 5.75 Å². The summed E-state index contributed by atoms with van der Waals surface area (Å²) in [6, 6.07) is 7.31. The molecule has 1 N–H and O–H groups in total. The summed E-state index contributed by atoms with van der Waals surface area (Å²) in [6.07, 6.45) is 0.927. The van der Waals surface area contributed by atoms with Crippen LogP contribution in [-0.4, -0.2) is 66.0 Å². The lowest BCUT2D eigenvalue weighted by atomic mass is 10.2. The number of nitrogens with one attached hydrogen (secondary N) is 1. The van der Waals surface area contributed by atoms with Crippen LogP contribution in [0.25, 0.3) is 0 Å². The van der Waals surface area contributed by atoms with Crippen molar-refractivity contribution in [3.63, 3.8) is 0 Å². The number of aromatic nitrogens is 2. The van der Waals surface area contributed by atoms with E-state index in [0.29, 0.717) is 6.42 Å². The highest BCUT2D eigenvalue weighted by molar-refractivity contribution is 7.89. The van der Waals surface area contributed by atoms with E-state index in [4.69, 9.17) is 4.74 Å². The average molecular weight is 396 g/mol. The maximum atomic E-state index is 13.8. The lowest BCUT2D eigenvalue weighted by Crippen LogP contribution is -2.53. The Morgan fingerprint density at radius 2 is 1.96 bits per heavy atom. The number of hydrogen-bond acceptors (Lipinski definition) is 5. The van der Waals surface area contributed by atoms with E-state index >= 15 is 0 Å². The molecule has 10 heteroatoms. The largest absolute Gasteiger partial charge is 0.478 e. The highest BCUT2D eigenvalue weighted by atomic mass is 32.2. The molecule has 1 amide bonds. The number of ether oxygens (including phenoxy) is 1. The van der Waals surface area contributed by atoms with Gasteiger partial charge in [0.15, 0.2) is 22.7 Å². The zero-order valence-electron chi connectivity index (χ0n) is 14.8. The molecule has 0 spiro atoms. The van der Waals surface area contributed by atoms with Crippen molar-refractivity contribution in [2.75, 3.05) is 26.2 Å². The zero-order chi connectivity index (χ0) is 19.4. The van der Waals surface area contributed by atoms with Gasteiger partial charge in [-0.1, -0.05) is 19.1 Å². The average Bonchev–Trinajstić information content (AvgIpc) is 3.23. The third-order valence-corrected chi connectivity index (χ3v) is 6.22. The van der Waals surface area contributed by atoms with Crippen molar-refractivity contribution in [3.05, 3.63) is 42.3 Å². The second-order valence-electron chi connectivity index (χ2n) is 6.10. The van der Waals surface area contributed by atoms with E-state index in [-0.39, 0.29) is 42.9 Å². The van der Waals surface area contributed by atoms with Gasteiger partial charge >= 0.3 is 0 Å². The first-order valence-corrected chi connectivity index (χ1v) is 10.1. The predicted octanol–water partition coefficient (Wildman–Crippen LogP) is 1.24. The number of sulfonamides is 1. The molecule has 0 bridgehead atoms. The van der Waals surface area contributed by atoms with Crippen molar-refractivity contribution >= 4 is 15.9 Å². The molecule has 1 aliphatic rings. The normalized spacial score (nSPS) is 16.9. The SMILES string of the molecule is CCC(Oc1ccccc1F)C(=O)N1CCN(S(=O)(=O)c2ccn[nH]2)CC1. The van der Waals surface area contributed by atoms with Gasteiger partial charge in [-0.25, -0.2) is 12.8 Å². The number of rotatable bonds is 6. The molecule has 27 heavy (non-hydrogen) atoms. The Morgan fingerprint density at radius 1 is 1.26 bits per heavy atom. The molecule has 1 unspecified atom stereocenters. The van der Waals surface area contributed by atoms with Gasteiger partial charge in [-0.15, -0.1) is 0 Å². The number of nitrogens with zero attached hydrogens (tertiary/aromatic N) is 3. The van der Waals surface area contributed by atoms with Crippen LogP contribution in [0.15, 0.2) is 41.6 Å². The van der Waals surface area contributed by atoms with Gasteiger partial charge in [-0.3, -0.25) is 9.89 Å². The van der Waals surface area contributed by atoms with Crippen molar-refractivity contribution < 1.29 is 22.3 Å². The lowest BCUT2D eigenvalue weighted by Gasteiger charge is -2.35. The van der Waals surface area contributed by atoms with Crippen LogP contribution < -0.4 is 4.74 Å². The van der Waals surface area contributed by atoms with Crippen LogP contribution in [0.2, 0.25) is 0 Å². The van der Waals surface area contributed by atoms with Gasteiger partial charge < -0.3 is 9.64 Å². The number of aromatic amines is 1. The molecule has 1 aromatic carbocycles. The van der Waals surface area contributed by atoms with Gasteiger partial charge in [0.25, 0.3) is 15.9 Å². The number of hydrogen-bond donors (Lipinski definition) is 1. The maximum absolute atomic E-state index is 13.8. The molecule has 146 valence electrons. The highest BCUT2D eigenvalue weighted by Gasteiger charge is 2.33. The highest BCUT2D eigenvalue weighted by Crippen LogP contribution is 2.20. The van der Waals surface area contributed by atoms with E-state index in [1.807, 2.05) is 0 Å². The van der Waals surface area contributed by atoms with Crippen LogP contribution in [0.4, 0.5) is 4.39 Å². The van der Waals surface area contributed by atoms with Crippen LogP contribution in [0.5, 0.6) is 5.75 Å². The van der Waals surface area contributed by atoms with Crippen molar-refractivity contribution in [2.45, 2.75) is 24.5 Å². The Morgan fingerprint density at radius 3 is 2.56 bits per heavy atom. The van der Waals surface area contributed by atoms with Crippen molar-refractivity contribution in [1.29, 1.82) is 0 Å². The summed E-state index contributed by atoms with van der Waals surface area (Å²) in [6.45, 7) is 2.60. The molecular weight excluding hydrogens is 375 g/mol. The Bertz CT molecular complexity index is 880. The van der Waals surface area contributed by atoms with Gasteiger partial charge in [-0.05, 0) is 24.6 Å². The molecule has 0 radical (unpaired) electrons. The van der Waals surface area contributed by atoms with Gasteiger partial charge in [0.2, 0.25) is 0 Å². The fourth-order valence-electron chi connectivity index (χ4n) is 2.88. The first-order chi connectivity index (χ1) is 12.9. The van der Waals surface area contributed by atoms with Crippen molar-refractivity contribution in [2.24, 2.45) is 0 Å². The third-order valence-electron chi connectivity index (χ3n) is 4.40. The first kappa shape index (κ1) is 19.3. The number of para-hydroxylation sites is 1. The summed E-state index contributed by atoms with van der Waals surface area (Å²) < 4.78 is 45.6. The number of benzene rings is 1. The molecule has 0 aliphatic carbocycles. The Balaban J connectivity index is 1.63. The number of piperazine rings is 1. The van der Waals surface area contributed by atoms with E-state index in [1.165, 1.54) is 28.7 Å². The molecule has 1 saturated heterocycles. The summed E-state index contributed by atoms with van der Waals surface area (Å²) >= 11 is 0. The fraction of sp³-hybridized carbons (Fsp3) is 0.412. The quantitative estimate of drug-likeness (QED) is 0.793. The Kier molecular flexibility index (Phi) is 5.76. The van der Waals surface area contributed by atoms with Gasteiger partial charge in [0.1, 0.15) is 0 Å². The molecule has 2 heterocycles. The number of H-pyrrole nitrogens is 1. The molecule has 2 aromatic rings. The summed E-state index contributed by atoms with van der Waals surface area (Å²) in [4.78, 5) is 14.3. The van der Waals surface area contributed by atoms with Gasteiger partial charge in [-0.2, -0.15) is 9.40 Å². The van der Waals surface area contributed by atoms with E-state index in [0.717, 1.165) is 0 Å². The minimum atomic E-state index is -3.65. The van der Waals surface area contributed by atoms with Crippen LogP contribution in [0.1, 0.15) is 13.3 Å². The van der Waals surface area contributed by atoms with E-state index in [2.05, 4.69) is 10.2 Å². The molecular formula is C17H21FN4O4S. The number of amides is 1. The maximum Gasteiger partial charge on any atom is 0.263 e. The van der Waals surface area contributed by atoms with Gasteiger partial charge in [0, 0.05) is 26.2 Å². The number of carbonyl (C=O) groups excluding carboxylic acids is 1. The molecule has 8 nitrogen and oxygen atoms in total. The van der Waals surface area contributed by atoms with E-state index < -0.39 is 21.9 Å². The van der Waals surface area contributed by atoms with E-state index in [9.17, 15) is 17.6 Å². The zero-order valence-corrected chi connectivity index (χ0v) is 15.7. The Labute approximate surface area is 157 Å². The monoisotopic (exact) mass is 396 g/mol. The lowest BCUT2D eigenvalue weighted by molar-refractivity contribution is -0.140. The summed E-state index contributed by atoms with van der Waals surface area (Å²) in [5, 5.41) is 6.14. The minimum Gasteiger partial charge on any atom is -0.478 e. The molecule has 1 aliphatic heterocycles. The summed E-state index contributed by atoms with van der Waals surface area (Å²) in [5.74, 6) is -0.781. The topological polar surface area (TPSA) is 95.6 Å². The second-order valence-corrected chi connectivity index (χ2v) is 8.00. The van der Waals surface area contributed by atoms with E-state index in [1.54, 1.807) is 24.0 Å². The van der Waals surface area contributed by atoms with Crippen LogP contribution in [0, 0.1) is 5.82 Å². The van der Waals surface area contributed by atoms with Crippen LogP contribution in [-0.2, 0) is 14.8 Å². The minimum absolute atomic E-state index is 0.0246. The van der Waals surface area contributed by atoms with Crippen LogP contribution in [0.3, 0.4) is 0 Å². The standard InChI is InChI=1S/C17H21FN4O4S/c1-2-14(26-15-6-4-3-5-13(15)18)17(23)21-9-11-22(12-10-21)27(24,25)16-7-8-19-20-16/h3-8,14H,2,9-12H2,1H3,(H,19,20). The van der Waals surface area contributed by atoms with Gasteiger partial charge in [0.05, 0.1) is 6.20 Å². The molecule has 0 saturated carbocycles. The smallest absolute Gasteiger partial charge is 0.263 e. The third kappa shape index (κ3) is 4.11. The molecule has 1 aromatic heterocycles. The fourth-order valence-corrected chi connectivity index (χ4v) is 4.20. The Hall–Kier alpha value is -2.46. The summed E-state index contributed by atoms with van der Waals surface area (Å²) in [5.41, 5.74) is 0. The molecule has 1 fully saturated rings. The number of carbonyl (C=O) groups is 1.